The number of hydrogen-bond acceptors (Lipinski definition) is 3. The molecule has 0 saturated heterocycles. The second-order valence-electron chi connectivity index (χ2n) is 9.98. The maximum absolute atomic E-state index is 11.1. The summed E-state index contributed by atoms with van der Waals surface area (Å²) in [5.41, 5.74) is 1.30. The Balaban J connectivity index is 1.96. The van der Waals surface area contributed by atoms with Crippen LogP contribution in [0.25, 0.3) is 0 Å². The summed E-state index contributed by atoms with van der Waals surface area (Å²) in [5.74, 6) is -0.303. The normalized spacial score (nSPS) is 32.6. The molecule has 158 valence electrons. The molecular weight excluding hydrogens is 348 g/mol. The van der Waals surface area contributed by atoms with E-state index in [2.05, 4.69) is 40.7 Å². The molecule has 1 aliphatic carbocycles. The fourth-order valence-electron chi connectivity index (χ4n) is 5.12. The highest BCUT2D eigenvalue weighted by Gasteiger charge is 2.47. The second-order valence-corrected chi connectivity index (χ2v) is 9.98. The van der Waals surface area contributed by atoms with E-state index >= 15 is 0 Å². The lowest BCUT2D eigenvalue weighted by Gasteiger charge is -2.49. The van der Waals surface area contributed by atoms with Crippen LogP contribution in [0, 0.1) is 11.8 Å². The molecule has 2 aliphatic rings. The van der Waals surface area contributed by atoms with E-state index < -0.39 is 17.9 Å². The Hall–Kier alpha value is -1.22. The molecule has 0 unspecified atom stereocenters. The lowest BCUT2D eigenvalue weighted by Crippen LogP contribution is -2.47. The molecule has 1 aromatic carbocycles. The highest BCUT2D eigenvalue weighted by atomic mass is 16.5. The van der Waals surface area contributed by atoms with Gasteiger partial charge in [-0.15, -0.1) is 0 Å². The maximum atomic E-state index is 11.1. The van der Waals surface area contributed by atoms with Crippen LogP contribution in [0.3, 0.4) is 0 Å². The monoisotopic (exact) mass is 392 g/mol. The molecule has 28 heavy (non-hydrogen) atoms. The van der Waals surface area contributed by atoms with E-state index in [-0.39, 0.29) is 29.6 Å². The van der Waals surface area contributed by atoms with Gasteiger partial charge in [0.05, 0.1) is 0 Å². The molecule has 3 rings (SSSR count). The minimum absolute atomic E-state index is 0.0383. The minimum Gasteiger partial charge on any atom is -0.508 e. The molecule has 1 heterocycles. The van der Waals surface area contributed by atoms with Crippen molar-refractivity contribution in [3.63, 3.8) is 0 Å². The fourth-order valence-corrected chi connectivity index (χ4v) is 5.12. The van der Waals surface area contributed by atoms with Gasteiger partial charge in [0.25, 0.3) is 0 Å². The van der Waals surface area contributed by atoms with Crippen LogP contribution < -0.4 is 4.74 Å². The molecule has 0 amide bonds. The van der Waals surface area contributed by atoms with Crippen LogP contribution >= 0.6 is 0 Å². The number of hydrogen-bond donors (Lipinski definition) is 2. The zero-order valence-electron chi connectivity index (χ0n) is 20.3. The number of ether oxygens (including phenoxy) is 1. The van der Waals surface area contributed by atoms with Crippen LogP contribution in [0.4, 0.5) is 0 Å². The molecule has 0 aromatic heterocycles. The van der Waals surface area contributed by atoms with Crippen molar-refractivity contribution in [1.29, 1.82) is 0 Å². The van der Waals surface area contributed by atoms with Gasteiger partial charge in [0.1, 0.15) is 17.1 Å². The number of phenols is 1. The lowest BCUT2D eigenvalue weighted by molar-refractivity contribution is -0.0211. The van der Waals surface area contributed by atoms with Crippen LogP contribution in [0.15, 0.2) is 12.1 Å². The summed E-state index contributed by atoms with van der Waals surface area (Å²) in [6.07, 6.45) is 6.13. The Kier molecular flexibility index (Phi) is 5.54. The quantitative estimate of drug-likeness (QED) is 0.535. The summed E-state index contributed by atoms with van der Waals surface area (Å²) in [6, 6.07) is 3.97. The number of aliphatic hydroxyl groups is 1. The number of rotatable bonds is 7. The number of unbranched alkanes of at least 4 members (excludes halogenated alkanes) is 3. The topological polar surface area (TPSA) is 49.7 Å². The van der Waals surface area contributed by atoms with E-state index in [9.17, 15) is 10.2 Å². The van der Waals surface area contributed by atoms with E-state index in [0.717, 1.165) is 17.5 Å². The number of fused-ring (bicyclic) bond motifs is 3. The Morgan fingerprint density at radius 2 is 2.04 bits per heavy atom. The van der Waals surface area contributed by atoms with Gasteiger partial charge in [-0.1, -0.05) is 46.5 Å². The third-order valence-electron chi connectivity index (χ3n) is 7.03. The van der Waals surface area contributed by atoms with Gasteiger partial charge in [-0.3, -0.25) is 0 Å². The Morgan fingerprint density at radius 3 is 2.71 bits per heavy atom. The number of benzene rings is 1. The van der Waals surface area contributed by atoms with E-state index in [1.54, 1.807) is 0 Å². The maximum Gasteiger partial charge on any atom is 0.127 e. The SMILES string of the molecule is [3H][C@@H]1C[C@@H]2[C@@H](C[C@]1([3H])CO)c1c(O)cc(C(C)(C)CCCCCC)cc1OC2(C)C. The van der Waals surface area contributed by atoms with E-state index in [0.29, 0.717) is 18.6 Å². The van der Waals surface area contributed by atoms with Crippen LogP contribution in [0.5, 0.6) is 11.5 Å². The largest absolute Gasteiger partial charge is 0.508 e. The molecular formula is C25H40O3. The van der Waals surface area contributed by atoms with E-state index in [1.165, 1.54) is 25.7 Å². The van der Waals surface area contributed by atoms with Gasteiger partial charge in [0.2, 0.25) is 0 Å². The summed E-state index contributed by atoms with van der Waals surface area (Å²) in [5, 5.41) is 20.9. The van der Waals surface area contributed by atoms with Crippen LogP contribution in [0.1, 0.15) is 106 Å². The molecule has 0 bridgehead atoms. The highest BCUT2D eigenvalue weighted by molar-refractivity contribution is 5.53. The Bertz CT molecular complexity index is 761. The zero-order valence-corrected chi connectivity index (χ0v) is 18.3. The number of phenolic OH excluding ortho intramolecular Hbond substituents is 1. The third-order valence-corrected chi connectivity index (χ3v) is 7.03. The lowest BCUT2D eigenvalue weighted by atomic mass is 9.63. The van der Waals surface area contributed by atoms with Crippen molar-refractivity contribution in [2.45, 2.75) is 103 Å². The predicted octanol–water partition coefficient (Wildman–Crippen LogP) is 6.30. The third kappa shape index (κ3) is 4.20. The average Bonchev–Trinajstić information content (AvgIpc) is 2.66. The van der Waals surface area contributed by atoms with E-state index in [4.69, 9.17) is 7.48 Å². The van der Waals surface area contributed by atoms with Gasteiger partial charge in [0.15, 0.2) is 0 Å². The first-order chi connectivity index (χ1) is 13.9. The number of aliphatic hydroxyl groups excluding tert-OH is 1. The molecule has 0 radical (unpaired) electrons. The van der Waals surface area contributed by atoms with Gasteiger partial charge in [-0.2, -0.15) is 0 Å². The second kappa shape index (κ2) is 8.26. The zero-order chi connectivity index (χ0) is 22.3. The average molecular weight is 393 g/mol. The van der Waals surface area contributed by atoms with Crippen LogP contribution in [0.2, 0.25) is 0 Å². The molecule has 1 aromatic rings. The Morgan fingerprint density at radius 1 is 1.29 bits per heavy atom. The predicted molar refractivity (Wildman–Crippen MR) is 115 cm³/mol. The summed E-state index contributed by atoms with van der Waals surface area (Å²) >= 11 is 0. The van der Waals surface area contributed by atoms with Gasteiger partial charge < -0.3 is 14.9 Å². The van der Waals surface area contributed by atoms with Gasteiger partial charge in [0, 0.05) is 20.8 Å². The standard InChI is InChI=1S/C25H40O3/c1-6-7-8-9-12-24(2,3)18-14-21(27)23-19-13-17(16-26)10-11-20(19)25(4,5)28-22(23)15-18/h14-15,17,19-20,26-27H,6-13,16H2,1-5H3/t17-,19-,20-/m1/s1/i10T,17T/t10-,17-,19-,20-. The van der Waals surface area contributed by atoms with Gasteiger partial charge >= 0.3 is 0 Å². The van der Waals surface area contributed by atoms with Crippen molar-refractivity contribution >= 4 is 0 Å². The van der Waals surface area contributed by atoms with Gasteiger partial charge in [-0.25, -0.2) is 0 Å². The van der Waals surface area contributed by atoms with E-state index in [1.807, 2.05) is 6.07 Å². The summed E-state index contributed by atoms with van der Waals surface area (Å²) in [7, 11) is 0. The molecule has 3 nitrogen and oxygen atoms in total. The van der Waals surface area contributed by atoms with Crippen molar-refractivity contribution in [3.05, 3.63) is 23.3 Å². The Labute approximate surface area is 174 Å². The number of aromatic hydroxyl groups is 1. The first-order valence-corrected chi connectivity index (χ1v) is 11.0. The van der Waals surface area contributed by atoms with Crippen molar-refractivity contribution in [1.82, 2.24) is 0 Å². The highest BCUT2D eigenvalue weighted by Crippen LogP contribution is 2.56. The van der Waals surface area contributed by atoms with Crippen molar-refractivity contribution in [3.8, 4) is 11.5 Å². The molecule has 1 aliphatic heterocycles. The summed E-state index contributed by atoms with van der Waals surface area (Å²) in [6.45, 7) is 10.4. The smallest absolute Gasteiger partial charge is 0.127 e. The molecule has 1 saturated carbocycles. The molecule has 3 heteroatoms. The summed E-state index contributed by atoms with van der Waals surface area (Å²) in [4.78, 5) is 0. The minimum atomic E-state index is -1.20. The first kappa shape index (κ1) is 18.8. The van der Waals surface area contributed by atoms with Crippen molar-refractivity contribution in [2.24, 2.45) is 11.8 Å². The summed E-state index contributed by atoms with van der Waals surface area (Å²) < 4.78 is 23.5. The molecule has 2 N–H and O–H groups in total. The molecule has 0 spiro atoms. The molecule has 1 fully saturated rings. The van der Waals surface area contributed by atoms with Crippen LogP contribution in [-0.2, 0) is 5.41 Å². The van der Waals surface area contributed by atoms with Crippen LogP contribution in [-0.4, -0.2) is 22.4 Å². The first-order valence-electron chi connectivity index (χ1n) is 12.1. The fraction of sp³-hybridized carbons (Fsp3) is 0.760. The van der Waals surface area contributed by atoms with Gasteiger partial charge in [-0.05, 0) is 74.4 Å². The van der Waals surface area contributed by atoms with Crippen molar-refractivity contribution < 1.29 is 17.7 Å². The van der Waals surface area contributed by atoms with Crippen molar-refractivity contribution in [2.75, 3.05) is 6.61 Å². The molecule has 4 atom stereocenters.